The van der Waals surface area contributed by atoms with Crippen LogP contribution in [0.2, 0.25) is 5.02 Å². The molecule has 2 aromatic heterocycles. The number of allylic oxidation sites excluding steroid dienone is 1. The SMILES string of the molecule is C=C1CCC(n2c(C)nc3cc(CCC(=O)Nc4ccc(C)c(Cl)c4)sc3c2=O)C(=O)N1. The minimum atomic E-state index is -0.595. The molecule has 0 saturated carbocycles. The molecule has 1 atom stereocenters. The Labute approximate surface area is 194 Å². The lowest BCUT2D eigenvalue weighted by Gasteiger charge is -2.26. The van der Waals surface area contributed by atoms with E-state index in [9.17, 15) is 14.4 Å². The van der Waals surface area contributed by atoms with Crippen LogP contribution in [0.4, 0.5) is 5.69 Å². The van der Waals surface area contributed by atoms with Crippen LogP contribution in [-0.2, 0) is 16.0 Å². The van der Waals surface area contributed by atoms with Gasteiger partial charge in [0.25, 0.3) is 5.56 Å². The van der Waals surface area contributed by atoms with Crippen molar-refractivity contribution in [1.29, 1.82) is 0 Å². The highest BCUT2D eigenvalue weighted by molar-refractivity contribution is 7.18. The molecule has 1 unspecified atom stereocenters. The van der Waals surface area contributed by atoms with Crippen LogP contribution in [0.15, 0.2) is 41.3 Å². The minimum Gasteiger partial charge on any atom is -0.329 e. The van der Waals surface area contributed by atoms with E-state index in [1.807, 2.05) is 25.1 Å². The number of anilines is 1. The average Bonchev–Trinajstić information content (AvgIpc) is 3.14. The standard InChI is InChI=1S/C23H23ClN4O3S/c1-12-4-6-15(10-17(12)24)27-20(29)9-7-16-11-18-21(32-16)23(31)28(14(3)26-18)19-8-5-13(2)25-22(19)30/h4,6,10-11,19H,2,5,7-9H2,1,3H3,(H,25,30)(H,27,29). The molecule has 4 rings (SSSR count). The van der Waals surface area contributed by atoms with E-state index in [2.05, 4.69) is 22.2 Å². The fraction of sp³-hybridized carbons (Fsp3) is 0.304. The van der Waals surface area contributed by atoms with E-state index in [4.69, 9.17) is 11.6 Å². The quantitative estimate of drug-likeness (QED) is 0.582. The second-order valence-corrected chi connectivity index (χ2v) is 9.46. The third kappa shape index (κ3) is 4.47. The number of nitrogens with zero attached hydrogens (tertiary/aromatic N) is 2. The van der Waals surface area contributed by atoms with E-state index >= 15 is 0 Å². The van der Waals surface area contributed by atoms with Crippen molar-refractivity contribution in [2.24, 2.45) is 0 Å². The highest BCUT2D eigenvalue weighted by atomic mass is 35.5. The predicted molar refractivity (Wildman–Crippen MR) is 127 cm³/mol. The van der Waals surface area contributed by atoms with Crippen LogP contribution >= 0.6 is 22.9 Å². The Balaban J connectivity index is 1.51. The zero-order valence-electron chi connectivity index (χ0n) is 17.8. The highest BCUT2D eigenvalue weighted by Gasteiger charge is 2.28. The number of halogens is 1. The first kappa shape index (κ1) is 22.2. The van der Waals surface area contributed by atoms with Gasteiger partial charge in [0.05, 0.1) is 5.52 Å². The molecule has 1 saturated heterocycles. The lowest BCUT2D eigenvalue weighted by Crippen LogP contribution is -2.41. The normalized spacial score (nSPS) is 16.3. The molecule has 1 aromatic carbocycles. The lowest BCUT2D eigenvalue weighted by molar-refractivity contribution is -0.125. The number of carbonyl (C=O) groups is 2. The van der Waals surface area contributed by atoms with Crippen molar-refractivity contribution in [2.75, 3.05) is 5.32 Å². The topological polar surface area (TPSA) is 93.1 Å². The Morgan fingerprint density at radius 1 is 1.34 bits per heavy atom. The maximum atomic E-state index is 13.2. The van der Waals surface area contributed by atoms with Crippen LogP contribution in [0.1, 0.15) is 41.6 Å². The summed E-state index contributed by atoms with van der Waals surface area (Å²) in [6, 6.07) is 6.63. The van der Waals surface area contributed by atoms with Crippen LogP contribution in [-0.4, -0.2) is 21.4 Å². The lowest BCUT2D eigenvalue weighted by atomic mass is 10.0. The van der Waals surface area contributed by atoms with Crippen LogP contribution in [0.5, 0.6) is 0 Å². The van der Waals surface area contributed by atoms with Crippen molar-refractivity contribution in [3.63, 3.8) is 0 Å². The number of amides is 2. The zero-order valence-corrected chi connectivity index (χ0v) is 19.4. The largest absolute Gasteiger partial charge is 0.329 e. The molecule has 0 bridgehead atoms. The molecule has 1 aliphatic heterocycles. The first-order chi connectivity index (χ1) is 15.2. The van der Waals surface area contributed by atoms with Crippen molar-refractivity contribution in [3.8, 4) is 0 Å². The Morgan fingerprint density at radius 2 is 2.12 bits per heavy atom. The number of piperidine rings is 1. The van der Waals surface area contributed by atoms with Crippen molar-refractivity contribution >= 4 is 50.7 Å². The molecular formula is C23H23ClN4O3S. The molecule has 9 heteroatoms. The number of aromatic nitrogens is 2. The molecule has 7 nitrogen and oxygen atoms in total. The number of benzene rings is 1. The number of carbonyl (C=O) groups excluding carboxylic acids is 2. The van der Waals surface area contributed by atoms with Crippen molar-refractivity contribution in [3.05, 3.63) is 68.2 Å². The predicted octanol–water partition coefficient (Wildman–Crippen LogP) is 4.26. The van der Waals surface area contributed by atoms with Gasteiger partial charge in [-0.3, -0.25) is 19.0 Å². The van der Waals surface area contributed by atoms with Crippen LogP contribution < -0.4 is 16.2 Å². The van der Waals surface area contributed by atoms with E-state index in [0.29, 0.717) is 51.7 Å². The molecule has 3 aromatic rings. The van der Waals surface area contributed by atoms with Crippen molar-refractivity contribution in [2.45, 2.75) is 45.6 Å². The summed E-state index contributed by atoms with van der Waals surface area (Å²) in [5.74, 6) is 0.119. The third-order valence-electron chi connectivity index (χ3n) is 5.50. The minimum absolute atomic E-state index is 0.136. The molecule has 0 aliphatic carbocycles. The Bertz CT molecular complexity index is 1310. The summed E-state index contributed by atoms with van der Waals surface area (Å²) in [5, 5.41) is 6.17. The summed E-state index contributed by atoms with van der Waals surface area (Å²) >= 11 is 7.43. The maximum absolute atomic E-state index is 13.2. The van der Waals surface area contributed by atoms with E-state index < -0.39 is 6.04 Å². The van der Waals surface area contributed by atoms with Gasteiger partial charge in [0.1, 0.15) is 16.6 Å². The van der Waals surface area contributed by atoms with Gasteiger partial charge in [-0.25, -0.2) is 4.98 Å². The van der Waals surface area contributed by atoms with Crippen molar-refractivity contribution < 1.29 is 9.59 Å². The van der Waals surface area contributed by atoms with Gasteiger partial charge >= 0.3 is 0 Å². The summed E-state index contributed by atoms with van der Waals surface area (Å²) in [6.45, 7) is 7.42. The number of thiophene rings is 1. The molecule has 2 N–H and O–H groups in total. The number of hydrogen-bond donors (Lipinski definition) is 2. The smallest absolute Gasteiger partial charge is 0.272 e. The van der Waals surface area contributed by atoms with Gasteiger partial charge in [0.2, 0.25) is 11.8 Å². The monoisotopic (exact) mass is 470 g/mol. The molecule has 2 amide bonds. The fourth-order valence-electron chi connectivity index (χ4n) is 3.78. The molecule has 0 radical (unpaired) electrons. The van der Waals surface area contributed by atoms with Crippen molar-refractivity contribution in [1.82, 2.24) is 14.9 Å². The maximum Gasteiger partial charge on any atom is 0.272 e. The number of fused-ring (bicyclic) bond motifs is 1. The van der Waals surface area contributed by atoms with Crippen LogP contribution in [0.3, 0.4) is 0 Å². The average molecular weight is 471 g/mol. The van der Waals surface area contributed by atoms with E-state index in [1.165, 1.54) is 15.9 Å². The second-order valence-electron chi connectivity index (χ2n) is 7.92. The first-order valence-corrected chi connectivity index (χ1v) is 11.5. The summed E-state index contributed by atoms with van der Waals surface area (Å²) in [7, 11) is 0. The van der Waals surface area contributed by atoms with Gasteiger partial charge in [0, 0.05) is 27.7 Å². The van der Waals surface area contributed by atoms with Gasteiger partial charge in [-0.05, 0) is 56.9 Å². The number of rotatable bonds is 5. The molecule has 166 valence electrons. The molecule has 1 fully saturated rings. The molecule has 1 aliphatic rings. The fourth-order valence-corrected chi connectivity index (χ4v) is 4.99. The van der Waals surface area contributed by atoms with Gasteiger partial charge in [-0.2, -0.15) is 0 Å². The Morgan fingerprint density at radius 3 is 2.84 bits per heavy atom. The second kappa shape index (κ2) is 8.88. The van der Waals surface area contributed by atoms with Gasteiger partial charge in [0.15, 0.2) is 0 Å². The van der Waals surface area contributed by atoms with E-state index in [-0.39, 0.29) is 23.8 Å². The Hall–Kier alpha value is -2.97. The van der Waals surface area contributed by atoms with Gasteiger partial charge in [-0.1, -0.05) is 24.2 Å². The first-order valence-electron chi connectivity index (χ1n) is 10.3. The van der Waals surface area contributed by atoms with E-state index in [0.717, 1.165) is 10.4 Å². The summed E-state index contributed by atoms with van der Waals surface area (Å²) in [5.41, 5.74) is 2.62. The summed E-state index contributed by atoms with van der Waals surface area (Å²) in [4.78, 5) is 43.4. The summed E-state index contributed by atoms with van der Waals surface area (Å²) < 4.78 is 1.96. The number of nitrogens with one attached hydrogen (secondary N) is 2. The highest BCUT2D eigenvalue weighted by Crippen LogP contribution is 2.27. The summed E-state index contributed by atoms with van der Waals surface area (Å²) in [6.07, 6.45) is 1.88. The number of aryl methyl sites for hydroxylation is 3. The molecule has 0 spiro atoms. The van der Waals surface area contributed by atoms with Crippen LogP contribution in [0, 0.1) is 13.8 Å². The molecule has 3 heterocycles. The number of hydrogen-bond acceptors (Lipinski definition) is 5. The molecular weight excluding hydrogens is 448 g/mol. The third-order valence-corrected chi connectivity index (χ3v) is 7.07. The Kier molecular flexibility index (Phi) is 6.17. The van der Waals surface area contributed by atoms with Gasteiger partial charge < -0.3 is 10.6 Å². The van der Waals surface area contributed by atoms with Crippen LogP contribution in [0.25, 0.3) is 10.2 Å². The van der Waals surface area contributed by atoms with E-state index in [1.54, 1.807) is 13.0 Å². The van der Waals surface area contributed by atoms with Gasteiger partial charge in [-0.15, -0.1) is 11.3 Å². The zero-order chi connectivity index (χ0) is 23.0. The molecule has 32 heavy (non-hydrogen) atoms.